The zero-order chi connectivity index (χ0) is 20.0. The van der Waals surface area contributed by atoms with Crippen molar-refractivity contribution in [3.8, 4) is 11.8 Å². The summed E-state index contributed by atoms with van der Waals surface area (Å²) in [6.45, 7) is 1.41. The average Bonchev–Trinajstić information content (AvgIpc) is 2.63. The Bertz CT molecular complexity index is 934. The van der Waals surface area contributed by atoms with Gasteiger partial charge < -0.3 is 15.2 Å². The lowest BCUT2D eigenvalue weighted by molar-refractivity contribution is -0.144. The van der Waals surface area contributed by atoms with Crippen LogP contribution in [0, 0.1) is 11.3 Å². The fraction of sp³-hybridized carbons (Fsp3) is 0.105. The number of halogens is 2. The molecule has 0 radical (unpaired) electrons. The van der Waals surface area contributed by atoms with E-state index in [2.05, 4.69) is 5.32 Å². The van der Waals surface area contributed by atoms with Crippen molar-refractivity contribution < 1.29 is 19.4 Å². The maximum Gasteiger partial charge on any atom is 0.344 e. The summed E-state index contributed by atoms with van der Waals surface area (Å²) in [7, 11) is 0. The summed E-state index contributed by atoms with van der Waals surface area (Å²) >= 11 is 11.8. The Labute approximate surface area is 165 Å². The largest absolute Gasteiger partial charge is 0.479 e. The number of hydrogen-bond acceptors (Lipinski definition) is 4. The Morgan fingerprint density at radius 1 is 1.22 bits per heavy atom. The zero-order valence-electron chi connectivity index (χ0n) is 14.1. The second kappa shape index (κ2) is 9.08. The number of ether oxygens (including phenoxy) is 1. The lowest BCUT2D eigenvalue weighted by Crippen LogP contribution is -2.22. The molecule has 0 unspecified atom stereocenters. The number of carbonyl (C=O) groups is 2. The number of carboxylic acid groups (broad SMARTS) is 1. The molecule has 0 saturated heterocycles. The fourth-order valence-electron chi connectivity index (χ4n) is 1.99. The molecule has 0 fully saturated rings. The Kier molecular flexibility index (Phi) is 6.83. The van der Waals surface area contributed by atoms with Crippen molar-refractivity contribution in [3.05, 3.63) is 63.6 Å². The molecule has 8 heteroatoms. The fourth-order valence-corrected chi connectivity index (χ4v) is 2.45. The first-order valence-corrected chi connectivity index (χ1v) is 8.43. The lowest BCUT2D eigenvalue weighted by Gasteiger charge is -2.10. The first kappa shape index (κ1) is 20.3. The summed E-state index contributed by atoms with van der Waals surface area (Å²) in [4.78, 5) is 23.1. The molecule has 2 N–H and O–H groups in total. The van der Waals surface area contributed by atoms with Gasteiger partial charge in [0.05, 0.1) is 10.7 Å². The Balaban J connectivity index is 2.14. The van der Waals surface area contributed by atoms with Gasteiger partial charge in [0, 0.05) is 5.02 Å². The van der Waals surface area contributed by atoms with Gasteiger partial charge >= 0.3 is 5.97 Å². The topological polar surface area (TPSA) is 99.4 Å². The van der Waals surface area contributed by atoms with Gasteiger partial charge in [-0.15, -0.1) is 0 Å². The summed E-state index contributed by atoms with van der Waals surface area (Å²) in [6, 6.07) is 12.7. The van der Waals surface area contributed by atoms with Gasteiger partial charge in [-0.05, 0) is 48.9 Å². The third-order valence-electron chi connectivity index (χ3n) is 3.40. The number of benzene rings is 2. The number of nitriles is 1. The van der Waals surface area contributed by atoms with E-state index in [1.165, 1.54) is 25.1 Å². The van der Waals surface area contributed by atoms with E-state index in [9.17, 15) is 14.9 Å². The minimum atomic E-state index is -1.08. The molecular weight excluding hydrogens is 391 g/mol. The number of carboxylic acids is 1. The van der Waals surface area contributed by atoms with Crippen LogP contribution in [0.1, 0.15) is 12.5 Å². The van der Waals surface area contributed by atoms with Gasteiger partial charge in [0.25, 0.3) is 5.91 Å². The second-order valence-corrected chi connectivity index (χ2v) is 6.26. The summed E-state index contributed by atoms with van der Waals surface area (Å²) in [5.74, 6) is -1.34. The maximum atomic E-state index is 12.3. The van der Waals surface area contributed by atoms with Crippen molar-refractivity contribution in [2.45, 2.75) is 13.0 Å². The highest BCUT2D eigenvalue weighted by atomic mass is 35.5. The zero-order valence-corrected chi connectivity index (χ0v) is 15.6. The molecule has 0 aliphatic carbocycles. The van der Waals surface area contributed by atoms with E-state index < -0.39 is 18.0 Å². The van der Waals surface area contributed by atoms with Gasteiger partial charge in [-0.25, -0.2) is 4.79 Å². The predicted octanol–water partition coefficient (Wildman–Crippen LogP) is 4.39. The molecule has 27 heavy (non-hydrogen) atoms. The molecule has 138 valence electrons. The molecule has 0 saturated carbocycles. The smallest absolute Gasteiger partial charge is 0.344 e. The van der Waals surface area contributed by atoms with Gasteiger partial charge in [0.15, 0.2) is 6.10 Å². The minimum absolute atomic E-state index is 0.131. The van der Waals surface area contributed by atoms with Gasteiger partial charge in [-0.1, -0.05) is 35.3 Å². The molecule has 6 nitrogen and oxygen atoms in total. The highest BCUT2D eigenvalue weighted by Crippen LogP contribution is 2.26. The maximum absolute atomic E-state index is 12.3. The Morgan fingerprint density at radius 2 is 1.89 bits per heavy atom. The SMILES string of the molecule is C[C@H](Oc1ccc(/C=C(/C#N)C(=O)Nc2ccc(Cl)cc2Cl)cc1)C(=O)O. The van der Waals surface area contributed by atoms with Crippen molar-refractivity contribution in [2.24, 2.45) is 0 Å². The van der Waals surface area contributed by atoms with Crippen LogP contribution < -0.4 is 10.1 Å². The molecule has 0 aromatic heterocycles. The van der Waals surface area contributed by atoms with Crippen LogP contribution >= 0.6 is 23.2 Å². The molecule has 0 bridgehead atoms. The standard InChI is InChI=1S/C19H14Cl2N2O4/c1-11(19(25)26)27-15-5-2-12(3-6-15)8-13(10-22)18(24)23-17-7-4-14(20)9-16(17)21/h2-9,11H,1H3,(H,23,24)(H,25,26)/b13-8-/t11-/m0/s1. The van der Waals surface area contributed by atoms with E-state index in [1.54, 1.807) is 30.3 Å². The number of nitrogens with zero attached hydrogens (tertiary/aromatic N) is 1. The monoisotopic (exact) mass is 404 g/mol. The van der Waals surface area contributed by atoms with E-state index in [4.69, 9.17) is 33.0 Å². The highest BCUT2D eigenvalue weighted by molar-refractivity contribution is 6.36. The van der Waals surface area contributed by atoms with E-state index >= 15 is 0 Å². The van der Waals surface area contributed by atoms with Crippen LogP contribution in [0.2, 0.25) is 10.0 Å². The Morgan fingerprint density at radius 3 is 2.44 bits per heavy atom. The van der Waals surface area contributed by atoms with Gasteiger partial charge in [0.1, 0.15) is 17.4 Å². The highest BCUT2D eigenvalue weighted by Gasteiger charge is 2.13. The van der Waals surface area contributed by atoms with Crippen molar-refractivity contribution in [3.63, 3.8) is 0 Å². The molecule has 0 aliphatic rings. The summed E-state index contributed by atoms with van der Waals surface area (Å²) < 4.78 is 5.22. The number of nitrogens with one attached hydrogen (secondary N) is 1. The normalized spacial score (nSPS) is 12.0. The number of rotatable bonds is 6. The van der Waals surface area contributed by atoms with E-state index in [1.807, 2.05) is 6.07 Å². The second-order valence-electron chi connectivity index (χ2n) is 5.42. The molecule has 2 rings (SSSR count). The molecule has 0 aliphatic heterocycles. The number of amides is 1. The number of anilines is 1. The van der Waals surface area contributed by atoms with Crippen molar-refractivity contribution in [2.75, 3.05) is 5.32 Å². The predicted molar refractivity (Wildman–Crippen MR) is 103 cm³/mol. The van der Waals surface area contributed by atoms with E-state index in [0.29, 0.717) is 22.0 Å². The van der Waals surface area contributed by atoms with Gasteiger partial charge in [0.2, 0.25) is 0 Å². The van der Waals surface area contributed by atoms with Crippen LogP contribution in [0.15, 0.2) is 48.0 Å². The van der Waals surface area contributed by atoms with Gasteiger partial charge in [-0.3, -0.25) is 4.79 Å². The number of carbonyl (C=O) groups excluding carboxylic acids is 1. The molecule has 1 atom stereocenters. The molecule has 2 aromatic carbocycles. The number of hydrogen-bond donors (Lipinski definition) is 2. The quantitative estimate of drug-likeness (QED) is 0.549. The third-order valence-corrected chi connectivity index (χ3v) is 3.94. The van der Waals surface area contributed by atoms with Crippen molar-refractivity contribution >= 4 is 46.8 Å². The first-order valence-electron chi connectivity index (χ1n) is 7.68. The number of aliphatic carboxylic acids is 1. The van der Waals surface area contributed by atoms with Crippen LogP contribution in [0.3, 0.4) is 0 Å². The van der Waals surface area contributed by atoms with Crippen LogP contribution in [-0.2, 0) is 9.59 Å². The van der Waals surface area contributed by atoms with Crippen LogP contribution in [0.5, 0.6) is 5.75 Å². The van der Waals surface area contributed by atoms with Crippen LogP contribution in [0.25, 0.3) is 6.08 Å². The molecule has 2 aromatic rings. The first-order chi connectivity index (χ1) is 12.8. The molecule has 1 amide bonds. The summed E-state index contributed by atoms with van der Waals surface area (Å²) in [5.41, 5.74) is 0.770. The molecule has 0 spiro atoms. The average molecular weight is 405 g/mol. The van der Waals surface area contributed by atoms with E-state index in [0.717, 1.165) is 0 Å². The third kappa shape index (κ3) is 5.74. The van der Waals surface area contributed by atoms with Crippen molar-refractivity contribution in [1.82, 2.24) is 0 Å². The summed E-state index contributed by atoms with van der Waals surface area (Å²) in [6.07, 6.45) is 0.403. The van der Waals surface area contributed by atoms with Crippen molar-refractivity contribution in [1.29, 1.82) is 5.26 Å². The van der Waals surface area contributed by atoms with E-state index in [-0.39, 0.29) is 10.6 Å². The molecule has 0 heterocycles. The van der Waals surface area contributed by atoms with Crippen LogP contribution in [-0.4, -0.2) is 23.1 Å². The van der Waals surface area contributed by atoms with Crippen LogP contribution in [0.4, 0.5) is 5.69 Å². The molecular formula is C19H14Cl2N2O4. The summed E-state index contributed by atoms with van der Waals surface area (Å²) in [5, 5.41) is 21.3. The Hall–Kier alpha value is -3.01. The lowest BCUT2D eigenvalue weighted by atomic mass is 10.1. The minimum Gasteiger partial charge on any atom is -0.479 e. The van der Waals surface area contributed by atoms with Gasteiger partial charge in [-0.2, -0.15) is 5.26 Å².